The van der Waals surface area contributed by atoms with Crippen LogP contribution in [0.4, 0.5) is 39.2 Å². The molecule has 3 N–H and O–H groups in total. The smallest absolute Gasteiger partial charge is 0.410 e. The summed E-state index contributed by atoms with van der Waals surface area (Å²) >= 11 is 0. The van der Waals surface area contributed by atoms with Gasteiger partial charge in [0, 0.05) is 75.9 Å². The fraction of sp³-hybridized carbons (Fsp3) is 0.314. The number of amides is 5. The van der Waals surface area contributed by atoms with E-state index in [1.54, 1.807) is 62.1 Å². The van der Waals surface area contributed by atoms with Gasteiger partial charge in [-0.25, -0.2) is 14.8 Å². The number of anilines is 6. The van der Waals surface area contributed by atoms with Crippen molar-refractivity contribution in [2.24, 2.45) is 0 Å². The highest BCUT2D eigenvalue weighted by atomic mass is 16.6. The Bertz CT molecular complexity index is 3060. The number of piperazine rings is 2. The van der Waals surface area contributed by atoms with Gasteiger partial charge < -0.3 is 44.9 Å². The highest BCUT2D eigenvalue weighted by Crippen LogP contribution is 2.33. The van der Waals surface area contributed by atoms with Gasteiger partial charge in [-0.1, -0.05) is 12.1 Å². The maximum absolute atomic E-state index is 13.2. The lowest BCUT2D eigenvalue weighted by Crippen LogP contribution is -2.50. The van der Waals surface area contributed by atoms with Crippen molar-refractivity contribution in [3.05, 3.63) is 132 Å². The van der Waals surface area contributed by atoms with Crippen LogP contribution in [-0.2, 0) is 17.8 Å². The van der Waals surface area contributed by atoms with Crippen LogP contribution < -0.4 is 45.0 Å². The van der Waals surface area contributed by atoms with E-state index in [9.17, 15) is 24.0 Å². The average molecular weight is 991 g/mol. The molecule has 22 nitrogen and oxygen atoms in total. The summed E-state index contributed by atoms with van der Waals surface area (Å²) in [6.07, 6.45) is 11.9. The minimum atomic E-state index is -0.559. The van der Waals surface area contributed by atoms with Crippen LogP contribution in [-0.4, -0.2) is 137 Å². The standard InChI is InChI=1S/C28H31N7O5.C23H23N7O3/c1-28(2,3)40-27(38)34-11-9-33(10-12-34)23-7-8-29-14-21(23)32-25(36)22-15-30-16-24(31-22)35-17-18-5-6-19(39-4)13-20(18)26(35)37;1-33-16-3-2-15-14-30(23(32)17(15)10-16)21-13-26-12-19(27-21)22(31)28-18-11-25-5-4-20(18)29-8-6-24-7-9-29/h5-8,13-16H,9-12,17H2,1-4H3,(H,32,36);2-5,10-13,24H,6-9,14H2,1H3,(H,28,31). The molecule has 376 valence electrons. The molecule has 0 atom stereocenters. The van der Waals surface area contributed by atoms with Crippen molar-refractivity contribution in [3.63, 3.8) is 0 Å². The third-order valence-electron chi connectivity index (χ3n) is 12.3. The predicted molar refractivity (Wildman–Crippen MR) is 271 cm³/mol. The summed E-state index contributed by atoms with van der Waals surface area (Å²) in [5, 5.41) is 9.10. The van der Waals surface area contributed by atoms with Crippen molar-refractivity contribution in [1.29, 1.82) is 0 Å². The fourth-order valence-corrected chi connectivity index (χ4v) is 8.63. The zero-order valence-corrected chi connectivity index (χ0v) is 41.0. The maximum Gasteiger partial charge on any atom is 0.410 e. The molecular weight excluding hydrogens is 937 g/mol. The van der Waals surface area contributed by atoms with Gasteiger partial charge in [0.15, 0.2) is 11.6 Å². The van der Waals surface area contributed by atoms with Crippen molar-refractivity contribution >= 4 is 64.1 Å². The Balaban J connectivity index is 0.000000183. The van der Waals surface area contributed by atoms with Crippen LogP contribution in [0, 0.1) is 0 Å². The number of nitrogens with one attached hydrogen (secondary N) is 3. The second kappa shape index (κ2) is 21.3. The first-order valence-electron chi connectivity index (χ1n) is 23.6. The first-order chi connectivity index (χ1) is 35.3. The summed E-state index contributed by atoms with van der Waals surface area (Å²) in [4.78, 5) is 99.1. The SMILES string of the molecule is COc1ccc2c(c1)C(=O)N(c1cncc(C(=O)Nc3cnccc3N3CCN(C(=O)OC(C)(C)C)CC3)n1)C2.COc1ccc2c(c1)C(=O)N(c1cncc(C(=O)Nc3cnccc3N3CCNCC3)n1)C2. The number of fused-ring (bicyclic) bond motifs is 2. The molecule has 2 fully saturated rings. The molecule has 0 bridgehead atoms. The molecule has 8 heterocycles. The van der Waals surface area contributed by atoms with E-state index in [1.807, 2.05) is 51.1 Å². The number of aromatic nitrogens is 6. The molecule has 6 aromatic rings. The highest BCUT2D eigenvalue weighted by molar-refractivity contribution is 6.11. The molecule has 0 saturated carbocycles. The Morgan fingerprint density at radius 2 is 1.05 bits per heavy atom. The number of hydrogen-bond acceptors (Lipinski definition) is 17. The lowest BCUT2D eigenvalue weighted by molar-refractivity contribution is 0.0240. The second-order valence-corrected chi connectivity index (χ2v) is 18.2. The zero-order chi connectivity index (χ0) is 51.2. The number of benzene rings is 2. The fourth-order valence-electron chi connectivity index (χ4n) is 8.63. The topological polar surface area (TPSA) is 243 Å². The molecule has 0 aliphatic carbocycles. The Kier molecular flexibility index (Phi) is 14.3. The monoisotopic (exact) mass is 990 g/mol. The van der Waals surface area contributed by atoms with Crippen LogP contribution in [0.1, 0.15) is 73.6 Å². The van der Waals surface area contributed by atoms with E-state index in [0.29, 0.717) is 79.1 Å². The number of rotatable bonds is 10. The third-order valence-corrected chi connectivity index (χ3v) is 12.3. The number of ether oxygens (including phenoxy) is 3. The van der Waals surface area contributed by atoms with Gasteiger partial charge in [0.05, 0.1) is 87.2 Å². The van der Waals surface area contributed by atoms with Gasteiger partial charge in [0.2, 0.25) is 0 Å². The molecule has 73 heavy (non-hydrogen) atoms. The summed E-state index contributed by atoms with van der Waals surface area (Å²) in [5.41, 5.74) is 5.20. The third kappa shape index (κ3) is 11.1. The number of nitrogens with zero attached hydrogens (tertiary/aromatic N) is 11. The molecule has 22 heteroatoms. The Morgan fingerprint density at radius 3 is 1.51 bits per heavy atom. The summed E-state index contributed by atoms with van der Waals surface area (Å²) in [7, 11) is 3.10. The summed E-state index contributed by atoms with van der Waals surface area (Å²) in [5.74, 6) is 0.451. The van der Waals surface area contributed by atoms with Crippen LogP contribution in [0.5, 0.6) is 11.5 Å². The van der Waals surface area contributed by atoms with E-state index in [2.05, 4.69) is 55.7 Å². The van der Waals surface area contributed by atoms with Crippen LogP contribution >= 0.6 is 0 Å². The summed E-state index contributed by atoms with van der Waals surface area (Å²) in [6.45, 7) is 11.7. The van der Waals surface area contributed by atoms with Crippen LogP contribution in [0.2, 0.25) is 0 Å². The van der Waals surface area contributed by atoms with Gasteiger partial charge in [-0.15, -0.1) is 0 Å². The minimum Gasteiger partial charge on any atom is -0.497 e. The quantitative estimate of drug-likeness (QED) is 0.163. The lowest BCUT2D eigenvalue weighted by atomic mass is 10.1. The number of pyridine rings is 2. The van der Waals surface area contributed by atoms with Crippen molar-refractivity contribution in [1.82, 2.24) is 40.1 Å². The summed E-state index contributed by atoms with van der Waals surface area (Å²) in [6, 6.07) is 14.4. The molecule has 2 aromatic carbocycles. The molecule has 5 amide bonds. The van der Waals surface area contributed by atoms with E-state index in [-0.39, 0.29) is 35.1 Å². The zero-order valence-electron chi connectivity index (χ0n) is 41.0. The van der Waals surface area contributed by atoms with Crippen molar-refractivity contribution in [2.75, 3.05) is 96.8 Å². The van der Waals surface area contributed by atoms with Gasteiger partial charge in [0.25, 0.3) is 23.6 Å². The van der Waals surface area contributed by atoms with Gasteiger partial charge in [-0.2, -0.15) is 0 Å². The van der Waals surface area contributed by atoms with E-state index in [1.165, 1.54) is 34.6 Å². The largest absolute Gasteiger partial charge is 0.497 e. The van der Waals surface area contributed by atoms with E-state index < -0.39 is 17.4 Å². The van der Waals surface area contributed by atoms with E-state index >= 15 is 0 Å². The first-order valence-corrected chi connectivity index (χ1v) is 23.6. The van der Waals surface area contributed by atoms with Gasteiger partial charge >= 0.3 is 6.09 Å². The maximum atomic E-state index is 13.2. The number of methoxy groups -OCH3 is 2. The van der Waals surface area contributed by atoms with Gasteiger partial charge in [-0.05, 0) is 68.3 Å². The predicted octanol–water partition coefficient (Wildman–Crippen LogP) is 5.05. The molecule has 0 unspecified atom stereocenters. The number of carbonyl (C=O) groups excluding carboxylic acids is 5. The Hall–Kier alpha value is -8.79. The molecule has 0 spiro atoms. The van der Waals surface area contributed by atoms with Crippen LogP contribution in [0.3, 0.4) is 0 Å². The molecule has 4 aromatic heterocycles. The molecule has 4 aliphatic rings. The number of hydrogen-bond donors (Lipinski definition) is 3. The molecule has 2 saturated heterocycles. The average Bonchev–Trinajstić information content (AvgIpc) is 3.93. The first kappa shape index (κ1) is 49.2. The van der Waals surface area contributed by atoms with Crippen molar-refractivity contribution in [2.45, 2.75) is 39.5 Å². The van der Waals surface area contributed by atoms with Gasteiger partial charge in [-0.3, -0.25) is 48.9 Å². The van der Waals surface area contributed by atoms with E-state index in [0.717, 1.165) is 48.7 Å². The molecule has 4 aliphatic heterocycles. The van der Waals surface area contributed by atoms with Crippen LogP contribution in [0.25, 0.3) is 0 Å². The van der Waals surface area contributed by atoms with Crippen LogP contribution in [0.15, 0.2) is 98.1 Å². The van der Waals surface area contributed by atoms with Crippen molar-refractivity contribution in [3.8, 4) is 11.5 Å². The second-order valence-electron chi connectivity index (χ2n) is 18.2. The van der Waals surface area contributed by atoms with E-state index in [4.69, 9.17) is 14.2 Å². The molecule has 10 rings (SSSR count). The Labute approximate surface area is 420 Å². The highest BCUT2D eigenvalue weighted by Gasteiger charge is 2.33. The molecular formula is C51H54N14O8. The minimum absolute atomic E-state index is 0.0587. The van der Waals surface area contributed by atoms with Crippen molar-refractivity contribution < 1.29 is 38.2 Å². The summed E-state index contributed by atoms with van der Waals surface area (Å²) < 4.78 is 15.9. The Morgan fingerprint density at radius 1 is 0.589 bits per heavy atom. The van der Waals surface area contributed by atoms with Gasteiger partial charge in [0.1, 0.15) is 28.5 Å². The number of carbonyl (C=O) groups is 5. The normalized spacial score (nSPS) is 15.2. The lowest BCUT2D eigenvalue weighted by Gasteiger charge is -2.37. The molecule has 0 radical (unpaired) electrons.